The number of carbonyl (C=O) groups is 2. The summed E-state index contributed by atoms with van der Waals surface area (Å²) in [6, 6.07) is 30.2. The number of benzene rings is 3. The molecule has 8 nitrogen and oxygen atoms in total. The summed E-state index contributed by atoms with van der Waals surface area (Å²) in [6.45, 7) is 4.59. The van der Waals surface area contributed by atoms with Gasteiger partial charge in [0.25, 0.3) is 11.8 Å². The lowest BCUT2D eigenvalue weighted by Crippen LogP contribution is -2.18. The van der Waals surface area contributed by atoms with Gasteiger partial charge in [-0.3, -0.25) is 14.3 Å². The van der Waals surface area contributed by atoms with E-state index in [0.717, 1.165) is 0 Å². The average Bonchev–Trinajstić information content (AvgIpc) is 3.63. The molecular weight excluding hydrogens is 504 g/mol. The number of nitrogens with zero attached hydrogens (tertiary/aromatic N) is 2. The highest BCUT2D eigenvalue weighted by molar-refractivity contribution is 6.04. The minimum absolute atomic E-state index is 0.128. The van der Waals surface area contributed by atoms with Gasteiger partial charge in [-0.05, 0) is 65.7 Å². The summed E-state index contributed by atoms with van der Waals surface area (Å²) in [5.41, 5.74) is 3.77. The molecule has 0 saturated heterocycles. The number of hydrogen-bond acceptors (Lipinski definition) is 5. The van der Waals surface area contributed by atoms with Gasteiger partial charge in [-0.2, -0.15) is 5.10 Å². The lowest BCUT2D eigenvalue weighted by atomic mass is 9.78. The second kappa shape index (κ2) is 11.3. The molecule has 2 heterocycles. The molecule has 2 aromatic heterocycles. The van der Waals surface area contributed by atoms with Crippen LogP contribution in [0.5, 0.6) is 5.75 Å². The van der Waals surface area contributed by atoms with Crippen LogP contribution in [0.2, 0.25) is 0 Å². The molecule has 40 heavy (non-hydrogen) atoms. The Kier molecular flexibility index (Phi) is 7.50. The second-order valence-electron chi connectivity index (χ2n) is 9.93. The molecule has 2 amide bonds. The number of ether oxygens (including phenoxy) is 1. The Labute approximate surface area is 232 Å². The smallest absolute Gasteiger partial charge is 0.291 e. The molecule has 0 fully saturated rings. The van der Waals surface area contributed by atoms with Gasteiger partial charge in [-0.25, -0.2) is 0 Å². The van der Waals surface area contributed by atoms with Crippen LogP contribution in [-0.2, 0) is 19.1 Å². The number of aryl methyl sites for hydroxylation is 1. The maximum absolute atomic E-state index is 12.7. The largest absolute Gasteiger partial charge is 0.486 e. The molecule has 0 unspecified atom stereocenters. The van der Waals surface area contributed by atoms with Crippen molar-refractivity contribution < 1.29 is 18.7 Å². The predicted octanol–water partition coefficient (Wildman–Crippen LogP) is 6.42. The van der Waals surface area contributed by atoms with Crippen molar-refractivity contribution in [3.63, 3.8) is 0 Å². The Bertz CT molecular complexity index is 1600. The number of rotatable bonds is 9. The molecule has 5 rings (SSSR count). The van der Waals surface area contributed by atoms with Crippen LogP contribution in [0.1, 0.15) is 51.8 Å². The normalized spacial score (nSPS) is 11.2. The van der Waals surface area contributed by atoms with Gasteiger partial charge in [0.2, 0.25) is 0 Å². The van der Waals surface area contributed by atoms with Gasteiger partial charge in [0, 0.05) is 30.0 Å². The fraction of sp³-hybridized carbons (Fsp3) is 0.156. The molecule has 0 aliphatic rings. The van der Waals surface area contributed by atoms with Gasteiger partial charge in [-0.1, -0.05) is 56.3 Å². The summed E-state index contributed by atoms with van der Waals surface area (Å²) in [5.74, 6) is 0.724. The van der Waals surface area contributed by atoms with E-state index in [1.165, 1.54) is 11.1 Å². The molecule has 2 N–H and O–H groups in total. The first kappa shape index (κ1) is 26.5. The molecule has 0 saturated carbocycles. The first-order chi connectivity index (χ1) is 19.3. The van der Waals surface area contributed by atoms with E-state index in [1.54, 1.807) is 60.4 Å². The molecule has 0 atom stereocenters. The SMILES string of the molecule is Cn1ccc(C(=O)Nc2ccc(NC(=O)c3ccc(COc4ccc(C(C)(C)c5ccccc5)cc4)o3)cc2)n1. The molecule has 0 aliphatic carbocycles. The highest BCUT2D eigenvalue weighted by atomic mass is 16.5. The van der Waals surface area contributed by atoms with Crippen molar-refractivity contribution in [1.29, 1.82) is 0 Å². The van der Waals surface area contributed by atoms with Crippen LogP contribution < -0.4 is 15.4 Å². The molecule has 3 aromatic carbocycles. The van der Waals surface area contributed by atoms with Crippen LogP contribution in [0.15, 0.2) is 108 Å². The minimum Gasteiger partial charge on any atom is -0.486 e. The van der Waals surface area contributed by atoms with Crippen LogP contribution in [0.3, 0.4) is 0 Å². The number of aromatic nitrogens is 2. The van der Waals surface area contributed by atoms with E-state index in [1.807, 2.05) is 18.2 Å². The van der Waals surface area contributed by atoms with Crippen LogP contribution in [0.4, 0.5) is 11.4 Å². The third-order valence-corrected chi connectivity index (χ3v) is 6.68. The van der Waals surface area contributed by atoms with Crippen molar-refractivity contribution in [1.82, 2.24) is 9.78 Å². The Morgan fingerprint density at radius 3 is 2.05 bits per heavy atom. The molecule has 0 bridgehead atoms. The first-order valence-corrected chi connectivity index (χ1v) is 12.9. The Balaban J connectivity index is 1.13. The Morgan fingerprint density at radius 1 is 0.800 bits per heavy atom. The zero-order chi connectivity index (χ0) is 28.1. The third kappa shape index (κ3) is 6.13. The maximum atomic E-state index is 12.7. The van der Waals surface area contributed by atoms with Gasteiger partial charge in [0.15, 0.2) is 11.5 Å². The fourth-order valence-electron chi connectivity index (χ4n) is 4.28. The van der Waals surface area contributed by atoms with E-state index < -0.39 is 0 Å². The van der Waals surface area contributed by atoms with E-state index in [-0.39, 0.29) is 29.6 Å². The third-order valence-electron chi connectivity index (χ3n) is 6.68. The quantitative estimate of drug-likeness (QED) is 0.227. The van der Waals surface area contributed by atoms with Crippen LogP contribution in [-0.4, -0.2) is 21.6 Å². The molecule has 5 aromatic rings. The minimum atomic E-state index is -0.385. The van der Waals surface area contributed by atoms with Crippen molar-refractivity contribution in [2.45, 2.75) is 25.9 Å². The number of anilines is 2. The van der Waals surface area contributed by atoms with Crippen LogP contribution >= 0.6 is 0 Å². The van der Waals surface area contributed by atoms with Gasteiger partial charge >= 0.3 is 0 Å². The van der Waals surface area contributed by atoms with E-state index in [0.29, 0.717) is 28.6 Å². The second-order valence-corrected chi connectivity index (χ2v) is 9.93. The van der Waals surface area contributed by atoms with Crippen LogP contribution in [0, 0.1) is 0 Å². The zero-order valence-corrected chi connectivity index (χ0v) is 22.5. The fourth-order valence-corrected chi connectivity index (χ4v) is 4.28. The van der Waals surface area contributed by atoms with Gasteiger partial charge in [-0.15, -0.1) is 0 Å². The van der Waals surface area contributed by atoms with Gasteiger partial charge in [0.05, 0.1) is 0 Å². The summed E-state index contributed by atoms with van der Waals surface area (Å²) < 4.78 is 13.1. The summed E-state index contributed by atoms with van der Waals surface area (Å²) >= 11 is 0. The maximum Gasteiger partial charge on any atom is 0.291 e. The molecule has 8 heteroatoms. The standard InChI is InChI=1S/C32H30N4O4/c1-32(2,22-7-5-4-6-8-22)23-9-15-26(16-10-23)39-21-27-17-18-29(40-27)31(38)34-25-13-11-24(12-14-25)33-30(37)28-19-20-36(3)35-28/h4-20H,21H2,1-3H3,(H,33,37)(H,34,38). The van der Waals surface area contributed by atoms with Crippen molar-refractivity contribution in [3.8, 4) is 5.75 Å². The van der Waals surface area contributed by atoms with Gasteiger partial charge in [0.1, 0.15) is 18.1 Å². The summed E-state index contributed by atoms with van der Waals surface area (Å²) in [6.07, 6.45) is 1.70. The van der Waals surface area contributed by atoms with Crippen molar-refractivity contribution in [2.24, 2.45) is 7.05 Å². The molecule has 0 radical (unpaired) electrons. The summed E-state index contributed by atoms with van der Waals surface area (Å²) in [4.78, 5) is 24.9. The highest BCUT2D eigenvalue weighted by Gasteiger charge is 2.22. The van der Waals surface area contributed by atoms with Crippen molar-refractivity contribution >= 4 is 23.2 Å². The lowest BCUT2D eigenvalue weighted by molar-refractivity contribution is 0.0990. The van der Waals surface area contributed by atoms with E-state index >= 15 is 0 Å². The summed E-state index contributed by atoms with van der Waals surface area (Å²) in [5, 5.41) is 9.65. The highest BCUT2D eigenvalue weighted by Crippen LogP contribution is 2.32. The lowest BCUT2D eigenvalue weighted by Gasteiger charge is -2.26. The average molecular weight is 535 g/mol. The van der Waals surface area contributed by atoms with Crippen molar-refractivity contribution in [3.05, 3.63) is 132 Å². The number of amides is 2. The Hall–Kier alpha value is -5.11. The van der Waals surface area contributed by atoms with E-state index in [4.69, 9.17) is 9.15 Å². The van der Waals surface area contributed by atoms with Crippen molar-refractivity contribution in [2.75, 3.05) is 10.6 Å². The number of furan rings is 1. The zero-order valence-electron chi connectivity index (χ0n) is 22.5. The molecule has 0 aliphatic heterocycles. The van der Waals surface area contributed by atoms with Gasteiger partial charge < -0.3 is 19.8 Å². The molecule has 0 spiro atoms. The van der Waals surface area contributed by atoms with E-state index in [9.17, 15) is 9.59 Å². The van der Waals surface area contributed by atoms with Crippen LogP contribution in [0.25, 0.3) is 0 Å². The predicted molar refractivity (Wildman–Crippen MR) is 154 cm³/mol. The Morgan fingerprint density at radius 2 is 1.43 bits per heavy atom. The van der Waals surface area contributed by atoms with E-state index in [2.05, 4.69) is 66.0 Å². The number of hydrogen-bond donors (Lipinski definition) is 2. The molecule has 202 valence electrons. The number of carbonyl (C=O) groups excluding carboxylic acids is 2. The molecular formula is C32H30N4O4. The topological polar surface area (TPSA) is 98.4 Å². The monoisotopic (exact) mass is 534 g/mol. The summed E-state index contributed by atoms with van der Waals surface area (Å²) in [7, 11) is 1.75. The first-order valence-electron chi connectivity index (χ1n) is 12.9. The number of nitrogens with one attached hydrogen (secondary N) is 2.